The summed E-state index contributed by atoms with van der Waals surface area (Å²) in [6.45, 7) is 0. The van der Waals surface area contributed by atoms with Crippen LogP contribution in [0.3, 0.4) is 0 Å². The third kappa shape index (κ3) is 3.32. The highest BCUT2D eigenvalue weighted by Gasteiger charge is 2.23. The van der Waals surface area contributed by atoms with Crippen molar-refractivity contribution in [2.75, 3.05) is 7.11 Å². The third-order valence-electron chi connectivity index (χ3n) is 2.49. The number of nitro groups is 1. The molecule has 6 nitrogen and oxygen atoms in total. The minimum atomic E-state index is -0.549. The molecule has 1 aliphatic rings. The average molecular weight is 213 g/mol. The topological polar surface area (TPSA) is 90.8 Å². The van der Waals surface area contributed by atoms with Gasteiger partial charge in [-0.1, -0.05) is 0 Å². The van der Waals surface area contributed by atoms with Crippen molar-refractivity contribution in [2.24, 2.45) is 10.7 Å². The zero-order chi connectivity index (χ0) is 11.3. The minimum absolute atomic E-state index is 0.116. The molecule has 2 unspecified atom stereocenters. The number of nitrogens with zero attached hydrogens (tertiary/aromatic N) is 2. The van der Waals surface area contributed by atoms with Gasteiger partial charge in [-0.15, -0.1) is 0 Å². The lowest BCUT2D eigenvalue weighted by atomic mass is 10.2. The molecular formula is C9H15N3O3. The Hall–Kier alpha value is -1.43. The van der Waals surface area contributed by atoms with E-state index in [-0.39, 0.29) is 17.8 Å². The lowest BCUT2D eigenvalue weighted by Gasteiger charge is -2.05. The van der Waals surface area contributed by atoms with Gasteiger partial charge in [0.15, 0.2) is 0 Å². The maximum Gasteiger partial charge on any atom is 0.302 e. The molecule has 0 heterocycles. The second-order valence-electron chi connectivity index (χ2n) is 3.45. The highest BCUT2D eigenvalue weighted by Crippen LogP contribution is 2.23. The number of allylic oxidation sites excluding steroid dienone is 1. The van der Waals surface area contributed by atoms with Gasteiger partial charge in [-0.2, -0.15) is 0 Å². The molecule has 1 aliphatic carbocycles. The zero-order valence-electron chi connectivity index (χ0n) is 8.63. The van der Waals surface area contributed by atoms with Crippen molar-refractivity contribution in [3.8, 4) is 0 Å². The van der Waals surface area contributed by atoms with Crippen molar-refractivity contribution in [1.29, 1.82) is 0 Å². The van der Waals surface area contributed by atoms with Gasteiger partial charge in [0, 0.05) is 7.11 Å². The fraction of sp³-hybridized carbons (Fsp3) is 0.667. The molecule has 0 aromatic carbocycles. The fourth-order valence-corrected chi connectivity index (χ4v) is 1.60. The summed E-state index contributed by atoms with van der Waals surface area (Å²) in [6.07, 6.45) is 5.09. The van der Waals surface area contributed by atoms with Crippen molar-refractivity contribution in [2.45, 2.75) is 31.4 Å². The van der Waals surface area contributed by atoms with Crippen LogP contribution < -0.4 is 5.73 Å². The second kappa shape index (κ2) is 5.45. The first-order valence-electron chi connectivity index (χ1n) is 4.79. The van der Waals surface area contributed by atoms with Crippen LogP contribution in [0.15, 0.2) is 16.9 Å². The first kappa shape index (κ1) is 11.6. The van der Waals surface area contributed by atoms with Gasteiger partial charge in [-0.05, 0) is 19.3 Å². The number of hydrogen-bond acceptors (Lipinski definition) is 5. The molecule has 0 spiro atoms. The molecule has 2 N–H and O–H groups in total. The number of nitrogens with two attached hydrogens (primary N) is 1. The van der Waals surface area contributed by atoms with E-state index in [0.29, 0.717) is 0 Å². The van der Waals surface area contributed by atoms with Gasteiger partial charge >= 0.3 is 5.70 Å². The van der Waals surface area contributed by atoms with Crippen molar-refractivity contribution in [3.63, 3.8) is 0 Å². The lowest BCUT2D eigenvalue weighted by molar-refractivity contribution is -0.414. The van der Waals surface area contributed by atoms with Crippen LogP contribution in [-0.4, -0.2) is 30.4 Å². The van der Waals surface area contributed by atoms with Crippen LogP contribution in [0.4, 0.5) is 0 Å². The number of rotatable bonds is 4. The molecule has 0 aromatic rings. The smallest absolute Gasteiger partial charge is 0.302 e. The van der Waals surface area contributed by atoms with Crippen molar-refractivity contribution in [3.05, 3.63) is 22.0 Å². The average Bonchev–Trinajstić information content (AvgIpc) is 2.66. The summed E-state index contributed by atoms with van der Waals surface area (Å²) < 4.78 is 5.17. The molecule has 2 atom stereocenters. The molecule has 0 bridgehead atoms. The van der Waals surface area contributed by atoms with Crippen LogP contribution in [-0.2, 0) is 4.74 Å². The zero-order valence-corrected chi connectivity index (χ0v) is 8.63. The number of hydrogen-bond donors (Lipinski definition) is 1. The lowest BCUT2D eigenvalue weighted by Crippen LogP contribution is -2.08. The van der Waals surface area contributed by atoms with Gasteiger partial charge in [0.2, 0.25) is 0 Å². The Morgan fingerprint density at radius 1 is 1.67 bits per heavy atom. The predicted octanol–water partition coefficient (Wildman–Crippen LogP) is 0.702. The van der Waals surface area contributed by atoms with Crippen molar-refractivity contribution >= 4 is 6.21 Å². The third-order valence-corrected chi connectivity index (χ3v) is 2.49. The molecule has 1 rings (SSSR count). The predicted molar refractivity (Wildman–Crippen MR) is 56.2 cm³/mol. The van der Waals surface area contributed by atoms with Gasteiger partial charge in [0.1, 0.15) is 6.21 Å². The van der Waals surface area contributed by atoms with Crippen LogP contribution >= 0.6 is 0 Å². The van der Waals surface area contributed by atoms with E-state index in [1.165, 1.54) is 6.21 Å². The van der Waals surface area contributed by atoms with Gasteiger partial charge in [-0.25, -0.2) is 0 Å². The summed E-state index contributed by atoms with van der Waals surface area (Å²) in [5, 5.41) is 10.4. The maximum absolute atomic E-state index is 10.4. The van der Waals surface area contributed by atoms with Crippen LogP contribution in [0.1, 0.15) is 19.3 Å². The van der Waals surface area contributed by atoms with Crippen molar-refractivity contribution in [1.82, 2.24) is 0 Å². The summed E-state index contributed by atoms with van der Waals surface area (Å²) in [6, 6.07) is 0.116. The first-order chi connectivity index (χ1) is 7.17. The Morgan fingerprint density at radius 3 is 2.87 bits per heavy atom. The highest BCUT2D eigenvalue weighted by molar-refractivity contribution is 5.75. The van der Waals surface area contributed by atoms with E-state index in [9.17, 15) is 10.1 Å². The molecule has 0 amide bonds. The number of aliphatic imine (C=N–C) groups is 1. The molecule has 1 saturated carbocycles. The largest absolute Gasteiger partial charge is 0.399 e. The quantitative estimate of drug-likeness (QED) is 0.423. The Kier molecular flexibility index (Phi) is 4.23. The molecule has 0 aromatic heterocycles. The summed E-state index contributed by atoms with van der Waals surface area (Å²) >= 11 is 0. The molecule has 1 fully saturated rings. The van der Waals surface area contributed by atoms with E-state index >= 15 is 0 Å². The second-order valence-corrected chi connectivity index (χ2v) is 3.45. The maximum atomic E-state index is 10.4. The van der Waals surface area contributed by atoms with Gasteiger partial charge in [0.05, 0.1) is 23.3 Å². The van der Waals surface area contributed by atoms with Gasteiger partial charge in [-0.3, -0.25) is 15.1 Å². The van der Waals surface area contributed by atoms with Crippen LogP contribution in [0.2, 0.25) is 0 Å². The molecule has 84 valence electrons. The summed E-state index contributed by atoms with van der Waals surface area (Å²) in [5.41, 5.74) is 4.92. The molecule has 0 radical (unpaired) electrons. The molecule has 6 heteroatoms. The Morgan fingerprint density at radius 2 is 2.40 bits per heavy atom. The number of methoxy groups -OCH3 is 1. The molecule has 0 saturated heterocycles. The SMILES string of the molecule is COC1CCC(N=CC(=CN)[N+](=O)[O-])C1. The minimum Gasteiger partial charge on any atom is -0.399 e. The fourth-order valence-electron chi connectivity index (χ4n) is 1.60. The molecule has 0 aliphatic heterocycles. The monoisotopic (exact) mass is 213 g/mol. The highest BCUT2D eigenvalue weighted by atomic mass is 16.6. The van der Waals surface area contributed by atoms with E-state index in [2.05, 4.69) is 4.99 Å². The summed E-state index contributed by atoms with van der Waals surface area (Å²) in [4.78, 5) is 14.0. The van der Waals surface area contributed by atoms with E-state index in [0.717, 1.165) is 25.5 Å². The Bertz CT molecular complexity index is 288. The Balaban J connectivity index is 2.48. The Labute approximate surface area is 88.0 Å². The normalized spacial score (nSPS) is 27.4. The number of ether oxygens (including phenoxy) is 1. The van der Waals surface area contributed by atoms with Crippen molar-refractivity contribution < 1.29 is 9.66 Å². The standard InChI is InChI=1S/C9H15N3O3/c1-15-9-3-2-7(4-9)11-6-8(5-10)12(13)14/h5-7,9H,2-4,10H2,1H3. The van der Waals surface area contributed by atoms with Crippen LogP contribution in [0.5, 0.6) is 0 Å². The summed E-state index contributed by atoms with van der Waals surface area (Å²) in [7, 11) is 1.67. The van der Waals surface area contributed by atoms with Crippen LogP contribution in [0, 0.1) is 10.1 Å². The van der Waals surface area contributed by atoms with E-state index < -0.39 is 4.92 Å². The molecular weight excluding hydrogens is 198 g/mol. The van der Waals surface area contributed by atoms with E-state index in [1.54, 1.807) is 7.11 Å². The van der Waals surface area contributed by atoms with E-state index in [4.69, 9.17) is 10.5 Å². The van der Waals surface area contributed by atoms with E-state index in [1.807, 2.05) is 0 Å². The van der Waals surface area contributed by atoms with Gasteiger partial charge in [0.25, 0.3) is 0 Å². The first-order valence-corrected chi connectivity index (χ1v) is 4.79. The van der Waals surface area contributed by atoms with Gasteiger partial charge < -0.3 is 10.5 Å². The summed E-state index contributed by atoms with van der Waals surface area (Å²) in [5.74, 6) is 0. The van der Waals surface area contributed by atoms with Crippen LogP contribution in [0.25, 0.3) is 0 Å². The molecule has 15 heavy (non-hydrogen) atoms.